The third-order valence-electron chi connectivity index (χ3n) is 0.269. The Kier molecular flexibility index (Phi) is 0.627. The molecule has 1 aliphatic rings. The fourth-order valence-electron chi connectivity index (χ4n) is 0.116. The van der Waals surface area contributed by atoms with Gasteiger partial charge in [-0.3, -0.25) is 0 Å². The van der Waals surface area contributed by atoms with Gasteiger partial charge in [-0.05, 0) is 0 Å². The molecule has 0 aromatic heterocycles. The van der Waals surface area contributed by atoms with Crippen LogP contribution in [0.25, 0.3) is 0 Å². The van der Waals surface area contributed by atoms with Crippen LogP contribution in [-0.2, 0) is 14.9 Å². The van der Waals surface area contributed by atoms with Crippen molar-refractivity contribution in [3.63, 3.8) is 0 Å². The number of hydrogen-bond acceptors (Lipinski definition) is 4. The van der Waals surface area contributed by atoms with Gasteiger partial charge in [0.25, 0.3) is 0 Å². The molecule has 0 unspecified atom stereocenters. The number of amides is 1. The predicted molar refractivity (Wildman–Crippen MR) is 11.8 cm³/mol. The first-order chi connectivity index (χ1) is 2.89. The van der Waals surface area contributed by atoms with Gasteiger partial charge in [-0.25, -0.2) is 9.68 Å². The first-order valence-electron chi connectivity index (χ1n) is 1.20. The summed E-state index contributed by atoms with van der Waals surface area (Å²) in [5, 5.41) is 3.60. The molecule has 0 bridgehead atoms. The average Bonchev–Trinajstić information content (AvgIpc) is 1.86. The van der Waals surface area contributed by atoms with E-state index in [1.54, 1.807) is 5.48 Å². The molecule has 5 heteroatoms. The number of nitrogens with one attached hydrogen (secondary N) is 1. The fourth-order valence-corrected chi connectivity index (χ4v) is 0.116. The van der Waals surface area contributed by atoms with E-state index in [2.05, 4.69) is 14.9 Å². The summed E-state index contributed by atoms with van der Waals surface area (Å²) in [6.45, 7) is 0. The van der Waals surface area contributed by atoms with Crippen LogP contribution in [0.5, 0.6) is 0 Å². The largest absolute Gasteiger partial charge is 0.467 e. The highest BCUT2D eigenvalue weighted by molar-refractivity contribution is 5.65. The Balaban J connectivity index is 2.37. The molecular formula is CHNO4. The Morgan fingerprint density at radius 2 is 2.50 bits per heavy atom. The fraction of sp³-hybridized carbons (Fsp3) is 0. The molecule has 1 amide bonds. The van der Waals surface area contributed by atoms with Crippen LogP contribution in [0.15, 0.2) is 0 Å². The molecule has 0 aliphatic carbocycles. The molecule has 5 nitrogen and oxygen atoms in total. The standard InChI is InChI=1S/CHNO4/c3-1-2-5-6-4-1/h(H,2,3). The summed E-state index contributed by atoms with van der Waals surface area (Å²) in [5.74, 6) is 0. The van der Waals surface area contributed by atoms with E-state index in [0.29, 0.717) is 0 Å². The predicted octanol–water partition coefficient (Wildman–Crippen LogP) is -0.496. The van der Waals surface area contributed by atoms with Crippen molar-refractivity contribution in [3.05, 3.63) is 0 Å². The summed E-state index contributed by atoms with van der Waals surface area (Å²) in [5.41, 5.74) is 1.74. The lowest BCUT2D eigenvalue weighted by molar-refractivity contribution is -0.454. The summed E-state index contributed by atoms with van der Waals surface area (Å²) < 4.78 is 0. The molecule has 0 atom stereocenters. The highest BCUT2D eigenvalue weighted by Gasteiger charge is 2.10. The number of carbonyl (C=O) groups excluding carboxylic acids is 1. The lowest BCUT2D eigenvalue weighted by Crippen LogP contribution is -2.09. The van der Waals surface area contributed by atoms with Gasteiger partial charge in [-0.2, -0.15) is 5.48 Å². The van der Waals surface area contributed by atoms with E-state index < -0.39 is 6.09 Å². The summed E-state index contributed by atoms with van der Waals surface area (Å²) in [6.07, 6.45) is -0.741. The molecule has 1 rings (SSSR count). The maximum absolute atomic E-state index is 9.66. The van der Waals surface area contributed by atoms with Gasteiger partial charge in [0.2, 0.25) is 0 Å². The SMILES string of the molecule is O=C1NOOO1. The van der Waals surface area contributed by atoms with Crippen LogP contribution in [0.1, 0.15) is 0 Å². The average molecular weight is 91.0 g/mol. The highest BCUT2D eigenvalue weighted by atomic mass is 17.6. The topological polar surface area (TPSA) is 56.8 Å². The van der Waals surface area contributed by atoms with Gasteiger partial charge >= 0.3 is 6.09 Å². The maximum atomic E-state index is 9.66. The van der Waals surface area contributed by atoms with Gasteiger partial charge in [0, 0.05) is 5.04 Å². The van der Waals surface area contributed by atoms with E-state index in [-0.39, 0.29) is 0 Å². The third-order valence-corrected chi connectivity index (χ3v) is 0.269. The Hall–Kier alpha value is -0.810. The highest BCUT2D eigenvalue weighted by Crippen LogP contribution is 1.87. The molecule has 0 saturated carbocycles. The van der Waals surface area contributed by atoms with Crippen molar-refractivity contribution in [2.75, 3.05) is 0 Å². The smallest absolute Gasteiger partial charge is 0.241 e. The maximum Gasteiger partial charge on any atom is 0.467 e. The quantitative estimate of drug-likeness (QED) is 0.408. The summed E-state index contributed by atoms with van der Waals surface area (Å²) in [6, 6.07) is 0. The van der Waals surface area contributed by atoms with Gasteiger partial charge in [0.15, 0.2) is 0 Å². The first-order valence-corrected chi connectivity index (χ1v) is 1.20. The summed E-state index contributed by atoms with van der Waals surface area (Å²) >= 11 is 0. The van der Waals surface area contributed by atoms with Crippen molar-refractivity contribution in [2.24, 2.45) is 0 Å². The molecule has 1 saturated heterocycles. The minimum absolute atomic E-state index is 0.741. The minimum atomic E-state index is -0.741. The van der Waals surface area contributed by atoms with Crippen molar-refractivity contribution < 1.29 is 19.7 Å². The second-order valence-electron chi connectivity index (χ2n) is 0.624. The van der Waals surface area contributed by atoms with E-state index in [4.69, 9.17) is 0 Å². The molecular weight excluding hydrogens is 90.0 g/mol. The lowest BCUT2D eigenvalue weighted by atomic mass is 11.3. The van der Waals surface area contributed by atoms with Crippen LogP contribution in [0.3, 0.4) is 0 Å². The van der Waals surface area contributed by atoms with E-state index in [1.165, 1.54) is 0 Å². The van der Waals surface area contributed by atoms with Gasteiger partial charge in [-0.15, -0.1) is 0 Å². The lowest BCUT2D eigenvalue weighted by Gasteiger charge is -1.70. The molecule has 1 N–H and O–H groups in total. The van der Waals surface area contributed by atoms with Gasteiger partial charge in [0.1, 0.15) is 0 Å². The number of carbonyl (C=O) groups is 1. The molecule has 0 radical (unpaired) electrons. The molecule has 0 aromatic carbocycles. The zero-order valence-electron chi connectivity index (χ0n) is 2.63. The van der Waals surface area contributed by atoms with Crippen LogP contribution >= 0.6 is 0 Å². The molecule has 1 heterocycles. The summed E-state index contributed by atoms with van der Waals surface area (Å²) in [7, 11) is 0. The third kappa shape index (κ3) is 0.399. The normalized spacial score (nSPS) is 19.7. The molecule has 0 spiro atoms. The molecule has 6 heavy (non-hydrogen) atoms. The van der Waals surface area contributed by atoms with Gasteiger partial charge < -0.3 is 0 Å². The monoisotopic (exact) mass is 91.0 g/mol. The number of rotatable bonds is 0. The molecule has 1 fully saturated rings. The van der Waals surface area contributed by atoms with Crippen LogP contribution in [0.2, 0.25) is 0 Å². The van der Waals surface area contributed by atoms with Crippen LogP contribution in [0, 0.1) is 0 Å². The zero-order valence-corrected chi connectivity index (χ0v) is 2.63. The zero-order chi connectivity index (χ0) is 4.41. The second-order valence-corrected chi connectivity index (χ2v) is 0.624. The van der Waals surface area contributed by atoms with Gasteiger partial charge in [-0.1, -0.05) is 4.99 Å². The van der Waals surface area contributed by atoms with E-state index in [9.17, 15) is 4.79 Å². The van der Waals surface area contributed by atoms with E-state index in [0.717, 1.165) is 0 Å². The second kappa shape index (κ2) is 1.11. The Morgan fingerprint density at radius 3 is 2.67 bits per heavy atom. The van der Waals surface area contributed by atoms with Crippen molar-refractivity contribution in [3.8, 4) is 0 Å². The van der Waals surface area contributed by atoms with Crippen LogP contribution in [0.4, 0.5) is 4.79 Å². The Morgan fingerprint density at radius 1 is 1.67 bits per heavy atom. The molecule has 0 aromatic rings. The van der Waals surface area contributed by atoms with E-state index >= 15 is 0 Å². The first kappa shape index (κ1) is 3.38. The van der Waals surface area contributed by atoms with Crippen molar-refractivity contribution >= 4 is 6.09 Å². The van der Waals surface area contributed by atoms with Gasteiger partial charge in [0.05, 0.1) is 0 Å². The van der Waals surface area contributed by atoms with Crippen molar-refractivity contribution in [2.45, 2.75) is 0 Å². The Labute approximate surface area is 32.6 Å². The minimum Gasteiger partial charge on any atom is -0.241 e. The van der Waals surface area contributed by atoms with E-state index in [1.807, 2.05) is 0 Å². The summed E-state index contributed by atoms with van der Waals surface area (Å²) in [4.78, 5) is 17.1. The van der Waals surface area contributed by atoms with Crippen molar-refractivity contribution in [1.29, 1.82) is 0 Å². The van der Waals surface area contributed by atoms with Crippen LogP contribution < -0.4 is 5.48 Å². The van der Waals surface area contributed by atoms with Crippen molar-refractivity contribution in [1.82, 2.24) is 5.48 Å². The number of hydrogen-bond donors (Lipinski definition) is 1. The molecule has 34 valence electrons. The number of hydroxylamine groups is 1. The molecule has 1 aliphatic heterocycles. The van der Waals surface area contributed by atoms with Crippen LogP contribution in [-0.4, -0.2) is 6.09 Å². The Bertz CT molecular complexity index is 61.9.